The second-order valence-electron chi connectivity index (χ2n) is 6.23. The number of carbonyl (C=O) groups is 2. The molecule has 0 aliphatic heterocycles. The van der Waals surface area contributed by atoms with Crippen LogP contribution in [0.15, 0.2) is 23.6 Å². The molecule has 1 N–H and O–H groups in total. The van der Waals surface area contributed by atoms with Crippen LogP contribution >= 0.6 is 11.3 Å². The van der Waals surface area contributed by atoms with Gasteiger partial charge in [0.1, 0.15) is 0 Å². The molecule has 1 atom stereocenters. The van der Waals surface area contributed by atoms with Crippen LogP contribution in [0, 0.1) is 13.8 Å². The second kappa shape index (κ2) is 6.81. The molecule has 0 radical (unpaired) electrons. The minimum atomic E-state index is -0.818. The van der Waals surface area contributed by atoms with Gasteiger partial charge in [-0.15, -0.1) is 11.3 Å². The number of thiophene rings is 1. The van der Waals surface area contributed by atoms with Crippen molar-refractivity contribution in [1.82, 2.24) is 9.88 Å². The molecule has 1 aliphatic rings. The van der Waals surface area contributed by atoms with Crippen LogP contribution in [0.3, 0.4) is 0 Å². The number of aryl methyl sites for hydroxylation is 1. The molecular weight excluding hydrogens is 324 g/mol. The van der Waals surface area contributed by atoms with Crippen molar-refractivity contribution >= 4 is 23.2 Å². The topological polar surface area (TPSA) is 60.3 Å². The van der Waals surface area contributed by atoms with Crippen LogP contribution in [0.2, 0.25) is 0 Å². The Bertz CT molecular complexity index is 745. The third kappa shape index (κ3) is 3.53. The van der Waals surface area contributed by atoms with Crippen molar-refractivity contribution in [3.05, 3.63) is 45.4 Å². The molecule has 1 saturated carbocycles. The molecule has 2 aromatic heterocycles. The van der Waals surface area contributed by atoms with Crippen LogP contribution in [0.1, 0.15) is 52.4 Å². The lowest BCUT2D eigenvalue weighted by Gasteiger charge is -2.13. The van der Waals surface area contributed by atoms with E-state index in [4.69, 9.17) is 4.74 Å². The van der Waals surface area contributed by atoms with Gasteiger partial charge >= 0.3 is 5.97 Å². The van der Waals surface area contributed by atoms with E-state index in [0.717, 1.165) is 29.1 Å². The zero-order chi connectivity index (χ0) is 17.3. The van der Waals surface area contributed by atoms with Crippen LogP contribution in [0.5, 0.6) is 0 Å². The van der Waals surface area contributed by atoms with E-state index >= 15 is 0 Å². The Balaban J connectivity index is 1.59. The summed E-state index contributed by atoms with van der Waals surface area (Å²) in [6.45, 7) is 5.99. The van der Waals surface area contributed by atoms with Crippen molar-refractivity contribution in [1.29, 1.82) is 0 Å². The third-order valence-corrected chi connectivity index (χ3v) is 5.16. The fraction of sp³-hybridized carbons (Fsp3) is 0.444. The first-order valence-electron chi connectivity index (χ1n) is 8.17. The van der Waals surface area contributed by atoms with Gasteiger partial charge in [0.05, 0.1) is 12.1 Å². The van der Waals surface area contributed by atoms with Gasteiger partial charge in [0.15, 0.2) is 6.10 Å². The van der Waals surface area contributed by atoms with E-state index in [9.17, 15) is 9.59 Å². The molecule has 1 fully saturated rings. The summed E-state index contributed by atoms with van der Waals surface area (Å²) in [6, 6.07) is 6.25. The highest BCUT2D eigenvalue weighted by Gasteiger charge is 2.29. The van der Waals surface area contributed by atoms with Crippen molar-refractivity contribution < 1.29 is 14.3 Å². The fourth-order valence-electron chi connectivity index (χ4n) is 2.89. The van der Waals surface area contributed by atoms with Crippen molar-refractivity contribution in [3.8, 4) is 0 Å². The van der Waals surface area contributed by atoms with Crippen molar-refractivity contribution in [2.75, 3.05) is 0 Å². The summed E-state index contributed by atoms with van der Waals surface area (Å²) in [5.74, 6) is -0.721. The molecule has 0 unspecified atom stereocenters. The Morgan fingerprint density at radius 2 is 2.17 bits per heavy atom. The van der Waals surface area contributed by atoms with Gasteiger partial charge in [-0.05, 0) is 51.1 Å². The summed E-state index contributed by atoms with van der Waals surface area (Å²) in [4.78, 5) is 25.6. The number of ether oxygens (including phenoxy) is 1. The maximum absolute atomic E-state index is 12.4. The Hall–Kier alpha value is -2.08. The summed E-state index contributed by atoms with van der Waals surface area (Å²) >= 11 is 1.58. The molecule has 3 rings (SSSR count). The molecule has 1 aliphatic carbocycles. The van der Waals surface area contributed by atoms with Gasteiger partial charge in [-0.3, -0.25) is 4.79 Å². The summed E-state index contributed by atoms with van der Waals surface area (Å²) in [6.07, 6.45) is 1.50. The van der Waals surface area contributed by atoms with E-state index in [2.05, 4.69) is 9.88 Å². The second-order valence-corrected chi connectivity index (χ2v) is 7.26. The quantitative estimate of drug-likeness (QED) is 0.816. The first kappa shape index (κ1) is 16.8. The Labute approximate surface area is 145 Å². The van der Waals surface area contributed by atoms with Crippen molar-refractivity contribution in [3.63, 3.8) is 0 Å². The number of hydrogen-bond donors (Lipinski definition) is 1. The van der Waals surface area contributed by atoms with Gasteiger partial charge in [0.25, 0.3) is 5.91 Å². The molecule has 1 amide bonds. The smallest absolute Gasteiger partial charge is 0.340 e. The number of rotatable bonds is 6. The highest BCUT2D eigenvalue weighted by atomic mass is 32.1. The molecule has 0 spiro atoms. The highest BCUT2D eigenvalue weighted by Crippen LogP contribution is 2.38. The van der Waals surface area contributed by atoms with Crippen LogP contribution in [0.25, 0.3) is 0 Å². The van der Waals surface area contributed by atoms with Crippen LogP contribution in [0.4, 0.5) is 0 Å². The van der Waals surface area contributed by atoms with Crippen molar-refractivity contribution in [2.24, 2.45) is 0 Å². The molecule has 0 saturated heterocycles. The first-order valence-corrected chi connectivity index (χ1v) is 9.05. The van der Waals surface area contributed by atoms with E-state index in [-0.39, 0.29) is 5.91 Å². The largest absolute Gasteiger partial charge is 0.449 e. The average molecular weight is 346 g/mol. The number of carbonyl (C=O) groups excluding carboxylic acids is 2. The number of esters is 1. The summed E-state index contributed by atoms with van der Waals surface area (Å²) < 4.78 is 7.55. The maximum Gasteiger partial charge on any atom is 0.340 e. The van der Waals surface area contributed by atoms with Crippen molar-refractivity contribution in [2.45, 2.75) is 52.3 Å². The molecule has 6 heteroatoms. The molecular formula is C18H22N2O3S. The molecule has 24 heavy (non-hydrogen) atoms. The van der Waals surface area contributed by atoms with Gasteiger partial charge in [-0.2, -0.15) is 0 Å². The van der Waals surface area contributed by atoms with E-state index < -0.39 is 12.1 Å². The molecule has 0 aromatic carbocycles. The zero-order valence-corrected chi connectivity index (χ0v) is 15.0. The summed E-state index contributed by atoms with van der Waals surface area (Å²) in [5, 5.41) is 4.75. The lowest BCUT2D eigenvalue weighted by atomic mass is 10.2. The van der Waals surface area contributed by atoms with Gasteiger partial charge < -0.3 is 14.6 Å². The lowest BCUT2D eigenvalue weighted by molar-refractivity contribution is -0.129. The fourth-order valence-corrected chi connectivity index (χ4v) is 3.53. The minimum absolute atomic E-state index is 0.284. The molecule has 2 heterocycles. The Morgan fingerprint density at radius 3 is 2.79 bits per heavy atom. The normalized spacial score (nSPS) is 15.1. The first-order chi connectivity index (χ1) is 11.5. The van der Waals surface area contributed by atoms with E-state index in [1.54, 1.807) is 18.3 Å². The number of nitrogens with zero attached hydrogens (tertiary/aromatic N) is 1. The Kier molecular flexibility index (Phi) is 4.76. The van der Waals surface area contributed by atoms with E-state index in [0.29, 0.717) is 18.2 Å². The number of amides is 1. The molecule has 2 aromatic rings. The van der Waals surface area contributed by atoms with Gasteiger partial charge in [-0.1, -0.05) is 6.07 Å². The Morgan fingerprint density at radius 1 is 1.42 bits per heavy atom. The van der Waals surface area contributed by atoms with E-state index in [1.807, 2.05) is 37.4 Å². The maximum atomic E-state index is 12.4. The van der Waals surface area contributed by atoms with Crippen LogP contribution < -0.4 is 5.32 Å². The molecule has 0 bridgehead atoms. The standard InChI is InChI=1S/C18H22N2O3S/c1-11-9-16(12(2)20(11)14-6-7-14)18(22)23-13(3)17(21)19-10-15-5-4-8-24-15/h4-5,8-9,13-14H,6-7,10H2,1-3H3,(H,19,21)/t13-/m1/s1. The SMILES string of the molecule is Cc1cc(C(=O)O[C@H](C)C(=O)NCc2cccs2)c(C)n1C1CC1. The lowest BCUT2D eigenvalue weighted by Crippen LogP contribution is -2.35. The highest BCUT2D eigenvalue weighted by molar-refractivity contribution is 7.09. The number of aromatic nitrogens is 1. The van der Waals surface area contributed by atoms with Gasteiger partial charge in [0.2, 0.25) is 0 Å². The minimum Gasteiger partial charge on any atom is -0.449 e. The monoisotopic (exact) mass is 346 g/mol. The van der Waals surface area contributed by atoms with E-state index in [1.165, 1.54) is 0 Å². The predicted octanol–water partition coefficient (Wildman–Crippen LogP) is 3.36. The van der Waals surface area contributed by atoms with Crippen LogP contribution in [-0.2, 0) is 16.1 Å². The predicted molar refractivity (Wildman–Crippen MR) is 93.2 cm³/mol. The van der Waals surface area contributed by atoms with Gasteiger partial charge in [-0.25, -0.2) is 4.79 Å². The van der Waals surface area contributed by atoms with Gasteiger partial charge in [0, 0.05) is 22.3 Å². The number of hydrogen-bond acceptors (Lipinski definition) is 4. The molecule has 5 nitrogen and oxygen atoms in total. The average Bonchev–Trinajstić information content (AvgIpc) is 3.14. The van der Waals surface area contributed by atoms with Crippen LogP contribution in [-0.4, -0.2) is 22.5 Å². The number of nitrogens with one attached hydrogen (secondary N) is 1. The third-order valence-electron chi connectivity index (χ3n) is 4.29. The summed E-state index contributed by atoms with van der Waals surface area (Å²) in [5.41, 5.74) is 2.54. The molecule has 128 valence electrons. The summed E-state index contributed by atoms with van der Waals surface area (Å²) in [7, 11) is 0. The zero-order valence-electron chi connectivity index (χ0n) is 14.2.